The Balaban J connectivity index is 3.79. The number of amides is 1. The summed E-state index contributed by atoms with van der Waals surface area (Å²) in [5.41, 5.74) is 0. The maximum absolute atomic E-state index is 11.4. The average molecular weight is 203 g/mol. The summed E-state index contributed by atoms with van der Waals surface area (Å²) in [6.07, 6.45) is -6.35. The molecule has 0 aromatic carbocycles. The summed E-state index contributed by atoms with van der Waals surface area (Å²) < 4.78 is 37.5. The molecule has 5 nitrogen and oxygen atoms in total. The van der Waals surface area contributed by atoms with Gasteiger partial charge in [0.2, 0.25) is 0 Å². The fourth-order valence-corrected chi connectivity index (χ4v) is 0.510. The Kier molecular flexibility index (Phi) is 4.49. The maximum Gasteiger partial charge on any atom is 0.522 e. The zero-order valence-electron chi connectivity index (χ0n) is 6.34. The normalized spacial score (nSPS) is 13.8. The Morgan fingerprint density at radius 3 is 2.38 bits per heavy atom. The number of nitrogens with one attached hydrogen (secondary N) is 1. The Morgan fingerprint density at radius 1 is 1.54 bits per heavy atom. The number of carboxylic acid groups (broad SMARTS) is 1. The van der Waals surface area contributed by atoms with Gasteiger partial charge in [0, 0.05) is 0 Å². The molecule has 8 heteroatoms. The molecule has 0 aliphatic carbocycles. The molecular weight excluding hydrogens is 195 g/mol. The van der Waals surface area contributed by atoms with Crippen LogP contribution in [-0.4, -0.2) is 41.9 Å². The Morgan fingerprint density at radius 2 is 2.08 bits per heavy atom. The Labute approximate surface area is 71.1 Å². The lowest BCUT2D eigenvalue weighted by atomic mass is 10.3. The molecule has 0 saturated carbocycles. The van der Waals surface area contributed by atoms with Crippen molar-refractivity contribution >= 4 is 6.09 Å². The summed E-state index contributed by atoms with van der Waals surface area (Å²) >= 11 is 0. The van der Waals surface area contributed by atoms with E-state index in [9.17, 15) is 18.0 Å². The number of halogens is 3. The molecule has 13 heavy (non-hydrogen) atoms. The highest BCUT2D eigenvalue weighted by Crippen LogP contribution is 2.15. The predicted octanol–water partition coefficient (Wildman–Crippen LogP) is 0.151. The number of hydrogen-bond donors (Lipinski definition) is 3. The highest BCUT2D eigenvalue weighted by molar-refractivity contribution is 5.64. The van der Waals surface area contributed by atoms with Gasteiger partial charge in [0.05, 0.1) is 19.3 Å². The van der Waals surface area contributed by atoms with Crippen LogP contribution in [0.3, 0.4) is 0 Å². The van der Waals surface area contributed by atoms with Crippen LogP contribution in [0.25, 0.3) is 0 Å². The lowest BCUT2D eigenvalue weighted by Crippen LogP contribution is -2.41. The van der Waals surface area contributed by atoms with E-state index in [0.717, 1.165) is 0 Å². The van der Waals surface area contributed by atoms with Crippen molar-refractivity contribution in [1.29, 1.82) is 0 Å². The van der Waals surface area contributed by atoms with Gasteiger partial charge < -0.3 is 15.5 Å². The van der Waals surface area contributed by atoms with Gasteiger partial charge in [-0.05, 0) is 0 Å². The van der Waals surface area contributed by atoms with E-state index < -0.39 is 31.7 Å². The molecule has 78 valence electrons. The smallest absolute Gasteiger partial charge is 0.465 e. The lowest BCUT2D eigenvalue weighted by molar-refractivity contribution is -0.326. The summed E-state index contributed by atoms with van der Waals surface area (Å²) in [5.74, 6) is 0. The average Bonchev–Trinajstić information content (AvgIpc) is 1.95. The fraction of sp³-hybridized carbons (Fsp3) is 0.800. The van der Waals surface area contributed by atoms with Gasteiger partial charge >= 0.3 is 12.5 Å². The fourth-order valence-electron chi connectivity index (χ4n) is 0.510. The monoisotopic (exact) mass is 203 g/mol. The molecule has 0 spiro atoms. The second kappa shape index (κ2) is 4.87. The summed E-state index contributed by atoms with van der Waals surface area (Å²) in [7, 11) is 0. The number of carbonyl (C=O) groups is 1. The molecule has 1 amide bonds. The molecule has 0 aromatic rings. The van der Waals surface area contributed by atoms with Gasteiger partial charge in [-0.2, -0.15) is 0 Å². The first-order valence-electron chi connectivity index (χ1n) is 3.16. The van der Waals surface area contributed by atoms with Gasteiger partial charge in [0.25, 0.3) is 0 Å². The summed E-state index contributed by atoms with van der Waals surface area (Å²) in [4.78, 5) is 9.93. The van der Waals surface area contributed by atoms with Crippen LogP contribution < -0.4 is 5.32 Å². The highest BCUT2D eigenvalue weighted by Gasteiger charge is 2.30. The molecule has 0 radical (unpaired) electrons. The van der Waals surface area contributed by atoms with Crippen molar-refractivity contribution in [3.63, 3.8) is 0 Å². The maximum atomic E-state index is 11.4. The van der Waals surface area contributed by atoms with Crippen molar-refractivity contribution in [3.05, 3.63) is 0 Å². The van der Waals surface area contributed by atoms with Crippen molar-refractivity contribution < 1.29 is 32.9 Å². The zero-order valence-corrected chi connectivity index (χ0v) is 6.34. The molecule has 0 unspecified atom stereocenters. The minimum absolute atomic E-state index is 0.762. The molecule has 0 aliphatic rings. The number of hydrogen-bond acceptors (Lipinski definition) is 3. The number of ether oxygens (including phenoxy) is 1. The first kappa shape index (κ1) is 12.0. The molecule has 0 bridgehead atoms. The molecule has 0 aromatic heterocycles. The number of aliphatic hydroxyl groups excluding tert-OH is 1. The van der Waals surface area contributed by atoms with E-state index >= 15 is 0 Å². The Hall–Kier alpha value is -1.02. The predicted molar refractivity (Wildman–Crippen MR) is 34.0 cm³/mol. The SMILES string of the molecule is O=C(O)N[C@H](CO)COC(F)(F)F. The van der Waals surface area contributed by atoms with Gasteiger partial charge in [0.15, 0.2) is 0 Å². The minimum Gasteiger partial charge on any atom is -0.465 e. The molecule has 0 aliphatic heterocycles. The van der Waals surface area contributed by atoms with Crippen LogP contribution in [0.4, 0.5) is 18.0 Å². The van der Waals surface area contributed by atoms with E-state index in [-0.39, 0.29) is 0 Å². The van der Waals surface area contributed by atoms with E-state index in [2.05, 4.69) is 4.74 Å². The molecule has 0 heterocycles. The summed E-state index contributed by atoms with van der Waals surface area (Å²) in [6.45, 7) is -1.71. The third-order valence-electron chi connectivity index (χ3n) is 0.996. The van der Waals surface area contributed by atoms with E-state index in [1.807, 2.05) is 0 Å². The van der Waals surface area contributed by atoms with Crippen LogP contribution in [-0.2, 0) is 4.74 Å². The van der Waals surface area contributed by atoms with Gasteiger partial charge in [-0.3, -0.25) is 4.74 Å². The molecule has 0 fully saturated rings. The highest BCUT2D eigenvalue weighted by atomic mass is 19.4. The van der Waals surface area contributed by atoms with E-state index in [1.165, 1.54) is 0 Å². The molecule has 3 N–H and O–H groups in total. The van der Waals surface area contributed by atoms with E-state index in [1.54, 1.807) is 5.32 Å². The topological polar surface area (TPSA) is 78.8 Å². The van der Waals surface area contributed by atoms with Crippen molar-refractivity contribution in [2.24, 2.45) is 0 Å². The first-order chi connectivity index (χ1) is 5.85. The van der Waals surface area contributed by atoms with Crippen LogP contribution in [0.15, 0.2) is 0 Å². The summed E-state index contributed by atoms with van der Waals surface area (Å²) in [6, 6.07) is -1.28. The van der Waals surface area contributed by atoms with Crippen molar-refractivity contribution in [2.75, 3.05) is 13.2 Å². The molecule has 1 atom stereocenters. The quantitative estimate of drug-likeness (QED) is 0.607. The van der Waals surface area contributed by atoms with Crippen molar-refractivity contribution in [2.45, 2.75) is 12.4 Å². The number of rotatable bonds is 4. The van der Waals surface area contributed by atoms with Crippen LogP contribution in [0.5, 0.6) is 0 Å². The molecular formula is C5H8F3NO4. The minimum atomic E-state index is -4.83. The van der Waals surface area contributed by atoms with Crippen molar-refractivity contribution in [1.82, 2.24) is 5.32 Å². The van der Waals surface area contributed by atoms with Crippen LogP contribution in [0.2, 0.25) is 0 Å². The van der Waals surface area contributed by atoms with Gasteiger partial charge in [-0.25, -0.2) is 4.79 Å². The van der Waals surface area contributed by atoms with Crippen molar-refractivity contribution in [3.8, 4) is 0 Å². The van der Waals surface area contributed by atoms with E-state index in [0.29, 0.717) is 0 Å². The third-order valence-corrected chi connectivity index (χ3v) is 0.996. The Bertz CT molecular complexity index is 172. The van der Waals surface area contributed by atoms with Crippen LogP contribution in [0.1, 0.15) is 0 Å². The molecule has 0 saturated heterocycles. The first-order valence-corrected chi connectivity index (χ1v) is 3.16. The van der Waals surface area contributed by atoms with Gasteiger partial charge in [-0.15, -0.1) is 13.2 Å². The standard InChI is InChI=1S/C5H8F3NO4/c6-5(7,8)13-2-3(1-10)9-4(11)12/h3,9-10H,1-2H2,(H,11,12)/t3-/m1/s1. The second-order valence-corrected chi connectivity index (χ2v) is 2.09. The van der Waals surface area contributed by atoms with Crippen LogP contribution in [0, 0.1) is 0 Å². The van der Waals surface area contributed by atoms with E-state index in [4.69, 9.17) is 10.2 Å². The number of aliphatic hydroxyl groups is 1. The summed E-state index contributed by atoms with van der Waals surface area (Å²) in [5, 5.41) is 18.1. The molecule has 0 rings (SSSR count). The van der Waals surface area contributed by atoms with Gasteiger partial charge in [0.1, 0.15) is 0 Å². The van der Waals surface area contributed by atoms with Crippen LogP contribution >= 0.6 is 0 Å². The second-order valence-electron chi connectivity index (χ2n) is 2.09. The zero-order chi connectivity index (χ0) is 10.5. The third kappa shape index (κ3) is 7.34. The number of alkyl halides is 3. The largest absolute Gasteiger partial charge is 0.522 e. The lowest BCUT2D eigenvalue weighted by Gasteiger charge is -2.15. The van der Waals surface area contributed by atoms with Gasteiger partial charge in [-0.1, -0.05) is 0 Å².